The smallest absolute Gasteiger partial charge is 0.251 e. The van der Waals surface area contributed by atoms with Crippen LogP contribution in [0.1, 0.15) is 5.56 Å². The highest BCUT2D eigenvalue weighted by Gasteiger charge is 2.09. The zero-order valence-corrected chi connectivity index (χ0v) is 13.6. The topological polar surface area (TPSA) is 53.9 Å². The number of rotatable bonds is 4. The predicted octanol–water partition coefficient (Wildman–Crippen LogP) is 4.34. The van der Waals surface area contributed by atoms with Gasteiger partial charge in [-0.3, -0.25) is 0 Å². The van der Waals surface area contributed by atoms with Gasteiger partial charge >= 0.3 is 0 Å². The van der Waals surface area contributed by atoms with Crippen LogP contribution in [0.15, 0.2) is 54.7 Å². The summed E-state index contributed by atoms with van der Waals surface area (Å²) < 4.78 is 0. The lowest BCUT2D eigenvalue weighted by molar-refractivity contribution is 0.932. The van der Waals surface area contributed by atoms with E-state index in [4.69, 9.17) is 11.6 Å². The van der Waals surface area contributed by atoms with E-state index in [0.29, 0.717) is 16.8 Å². The molecule has 6 heteroatoms. The fourth-order valence-corrected chi connectivity index (χ4v) is 2.32. The van der Waals surface area contributed by atoms with Crippen molar-refractivity contribution >= 4 is 34.7 Å². The molecule has 2 aromatic carbocycles. The maximum Gasteiger partial charge on any atom is 0.251 e. The Hall–Kier alpha value is -2.66. The van der Waals surface area contributed by atoms with Crippen molar-refractivity contribution in [3.63, 3.8) is 0 Å². The molecule has 0 unspecified atom stereocenters. The molecule has 0 saturated carbocycles. The number of nitrogens with zero attached hydrogens (tertiary/aromatic N) is 4. The third-order valence-electron chi connectivity index (χ3n) is 3.52. The van der Waals surface area contributed by atoms with Gasteiger partial charge in [-0.1, -0.05) is 35.9 Å². The molecule has 23 heavy (non-hydrogen) atoms. The average molecular weight is 326 g/mol. The maximum absolute atomic E-state index is 6.15. The van der Waals surface area contributed by atoms with Crippen LogP contribution in [0.4, 0.5) is 23.1 Å². The Bertz CT molecular complexity index is 807. The molecule has 5 nitrogen and oxygen atoms in total. The van der Waals surface area contributed by atoms with Crippen LogP contribution in [0.2, 0.25) is 5.02 Å². The molecule has 0 amide bonds. The standard InChI is InChI=1S/C17H16ClN5/c1-12-14(18)9-6-10-15(12)20-16-11-19-22-17(21-16)23(2)13-7-4-3-5-8-13/h3-11H,1-2H3,(H,20,21,22). The minimum atomic E-state index is 0.515. The summed E-state index contributed by atoms with van der Waals surface area (Å²) in [6, 6.07) is 15.6. The SMILES string of the molecule is Cc1c(Cl)cccc1Nc1cnnc(N(C)c2ccccc2)n1. The van der Waals surface area contributed by atoms with E-state index >= 15 is 0 Å². The Morgan fingerprint density at radius 1 is 1.04 bits per heavy atom. The molecule has 0 bridgehead atoms. The lowest BCUT2D eigenvalue weighted by atomic mass is 10.2. The zero-order valence-electron chi connectivity index (χ0n) is 12.9. The van der Waals surface area contributed by atoms with Crippen LogP contribution in [0.3, 0.4) is 0 Å². The average Bonchev–Trinajstić information content (AvgIpc) is 2.59. The van der Waals surface area contributed by atoms with E-state index in [-0.39, 0.29) is 0 Å². The van der Waals surface area contributed by atoms with E-state index in [9.17, 15) is 0 Å². The summed E-state index contributed by atoms with van der Waals surface area (Å²) in [5.41, 5.74) is 2.85. The summed E-state index contributed by atoms with van der Waals surface area (Å²) >= 11 is 6.15. The minimum absolute atomic E-state index is 0.515. The van der Waals surface area contributed by atoms with Crippen LogP contribution in [-0.4, -0.2) is 22.2 Å². The predicted molar refractivity (Wildman–Crippen MR) is 93.8 cm³/mol. The summed E-state index contributed by atoms with van der Waals surface area (Å²) in [6.07, 6.45) is 1.59. The first-order valence-corrected chi connectivity index (χ1v) is 7.53. The van der Waals surface area contributed by atoms with E-state index in [1.54, 1.807) is 6.20 Å². The molecule has 0 atom stereocenters. The molecule has 3 rings (SSSR count). The fourth-order valence-electron chi connectivity index (χ4n) is 2.14. The number of halogens is 1. The highest BCUT2D eigenvalue weighted by Crippen LogP contribution is 2.26. The van der Waals surface area contributed by atoms with Crippen molar-refractivity contribution in [2.75, 3.05) is 17.3 Å². The van der Waals surface area contributed by atoms with E-state index in [0.717, 1.165) is 16.9 Å². The number of nitrogens with one attached hydrogen (secondary N) is 1. The maximum atomic E-state index is 6.15. The first-order chi connectivity index (χ1) is 11.1. The molecule has 0 aliphatic heterocycles. The van der Waals surface area contributed by atoms with E-state index < -0.39 is 0 Å². The van der Waals surface area contributed by atoms with Gasteiger partial charge in [0.15, 0.2) is 5.82 Å². The Morgan fingerprint density at radius 2 is 1.83 bits per heavy atom. The van der Waals surface area contributed by atoms with Crippen molar-refractivity contribution in [3.8, 4) is 0 Å². The molecular weight excluding hydrogens is 310 g/mol. The minimum Gasteiger partial charge on any atom is -0.339 e. The highest BCUT2D eigenvalue weighted by molar-refractivity contribution is 6.31. The van der Waals surface area contributed by atoms with Gasteiger partial charge < -0.3 is 10.2 Å². The fraction of sp³-hybridized carbons (Fsp3) is 0.118. The second-order valence-electron chi connectivity index (χ2n) is 5.07. The van der Waals surface area contributed by atoms with Crippen LogP contribution in [0.5, 0.6) is 0 Å². The third kappa shape index (κ3) is 3.40. The molecular formula is C17H16ClN5. The lowest BCUT2D eigenvalue weighted by Crippen LogP contribution is -2.14. The summed E-state index contributed by atoms with van der Waals surface area (Å²) in [6.45, 7) is 1.95. The van der Waals surface area contributed by atoms with Crippen LogP contribution >= 0.6 is 11.6 Å². The van der Waals surface area contributed by atoms with Gasteiger partial charge in [0.2, 0.25) is 0 Å². The van der Waals surface area contributed by atoms with E-state index in [1.165, 1.54) is 0 Å². The molecule has 0 aliphatic carbocycles. The quantitative estimate of drug-likeness (QED) is 0.773. The number of aromatic nitrogens is 3. The number of para-hydroxylation sites is 1. The van der Waals surface area contributed by atoms with Crippen molar-refractivity contribution in [1.82, 2.24) is 15.2 Å². The molecule has 0 fully saturated rings. The molecule has 0 aliphatic rings. The van der Waals surface area contributed by atoms with Crippen molar-refractivity contribution in [2.45, 2.75) is 6.92 Å². The van der Waals surface area contributed by atoms with Gasteiger partial charge in [-0.15, -0.1) is 5.10 Å². The molecule has 0 saturated heterocycles. The van der Waals surface area contributed by atoms with Gasteiger partial charge in [0.05, 0.1) is 6.20 Å². The first kappa shape index (κ1) is 15.2. The second-order valence-corrected chi connectivity index (χ2v) is 5.48. The van der Waals surface area contributed by atoms with Gasteiger partial charge in [-0.05, 0) is 36.8 Å². The number of hydrogen-bond donors (Lipinski definition) is 1. The second kappa shape index (κ2) is 6.62. The molecule has 1 aromatic heterocycles. The highest BCUT2D eigenvalue weighted by atomic mass is 35.5. The van der Waals surface area contributed by atoms with Crippen molar-refractivity contribution in [3.05, 3.63) is 65.3 Å². The van der Waals surface area contributed by atoms with Crippen LogP contribution in [-0.2, 0) is 0 Å². The number of hydrogen-bond acceptors (Lipinski definition) is 5. The van der Waals surface area contributed by atoms with Crippen LogP contribution < -0.4 is 10.2 Å². The number of benzene rings is 2. The first-order valence-electron chi connectivity index (χ1n) is 7.16. The summed E-state index contributed by atoms with van der Waals surface area (Å²) in [7, 11) is 1.90. The molecule has 0 spiro atoms. The summed E-state index contributed by atoms with van der Waals surface area (Å²) in [4.78, 5) is 6.39. The van der Waals surface area contributed by atoms with Gasteiger partial charge in [0, 0.05) is 23.4 Å². The molecule has 3 aromatic rings. The Kier molecular flexibility index (Phi) is 4.39. The lowest BCUT2D eigenvalue weighted by Gasteiger charge is -2.17. The largest absolute Gasteiger partial charge is 0.339 e. The van der Waals surface area contributed by atoms with E-state index in [2.05, 4.69) is 20.5 Å². The van der Waals surface area contributed by atoms with Gasteiger partial charge in [0.1, 0.15) is 0 Å². The Morgan fingerprint density at radius 3 is 2.61 bits per heavy atom. The molecule has 0 radical (unpaired) electrons. The number of anilines is 4. The zero-order chi connectivity index (χ0) is 16.2. The van der Waals surface area contributed by atoms with Crippen molar-refractivity contribution in [1.29, 1.82) is 0 Å². The third-order valence-corrected chi connectivity index (χ3v) is 3.93. The van der Waals surface area contributed by atoms with Crippen molar-refractivity contribution < 1.29 is 0 Å². The van der Waals surface area contributed by atoms with E-state index in [1.807, 2.05) is 67.4 Å². The van der Waals surface area contributed by atoms with Gasteiger partial charge in [-0.2, -0.15) is 10.1 Å². The normalized spacial score (nSPS) is 10.4. The van der Waals surface area contributed by atoms with Crippen molar-refractivity contribution in [2.24, 2.45) is 0 Å². The Balaban J connectivity index is 1.87. The molecule has 1 N–H and O–H groups in total. The molecule has 1 heterocycles. The summed E-state index contributed by atoms with van der Waals surface area (Å²) in [5, 5.41) is 12.1. The van der Waals surface area contributed by atoms with Gasteiger partial charge in [0.25, 0.3) is 5.95 Å². The summed E-state index contributed by atoms with van der Waals surface area (Å²) in [5.74, 6) is 1.13. The van der Waals surface area contributed by atoms with Gasteiger partial charge in [-0.25, -0.2) is 0 Å². The monoisotopic (exact) mass is 325 g/mol. The van der Waals surface area contributed by atoms with Crippen LogP contribution in [0, 0.1) is 6.92 Å². The molecule has 116 valence electrons. The Labute approximate surface area is 140 Å². The van der Waals surface area contributed by atoms with Crippen LogP contribution in [0.25, 0.3) is 0 Å².